The topological polar surface area (TPSA) is 43.1 Å². The maximum absolute atomic E-state index is 5.92. The van der Waals surface area contributed by atoms with Gasteiger partial charge in [-0.2, -0.15) is 11.8 Å². The fourth-order valence-electron chi connectivity index (χ4n) is 2.23. The van der Waals surface area contributed by atoms with E-state index in [1.165, 1.54) is 25.0 Å². The molecule has 3 rings (SSSR count). The molecule has 2 aromatic rings. The fraction of sp³-hybridized carbons (Fsp3) is 0.545. The summed E-state index contributed by atoms with van der Waals surface area (Å²) < 4.78 is 2.02. The summed E-state index contributed by atoms with van der Waals surface area (Å²) in [5, 5.41) is 9.43. The highest BCUT2D eigenvalue weighted by Gasteiger charge is 2.22. The molecule has 0 radical (unpaired) electrons. The normalized spacial score (nSPS) is 20.9. The van der Waals surface area contributed by atoms with E-state index < -0.39 is 0 Å². The number of aryl methyl sites for hydroxylation is 1. The maximum Gasteiger partial charge on any atom is 0.165 e. The number of rotatable bonds is 1. The number of halogens is 1. The number of aromatic nitrogens is 4. The Balaban J connectivity index is 2.10. The summed E-state index contributed by atoms with van der Waals surface area (Å²) in [6, 6.07) is 1.76. The number of thioether (sulfide) groups is 1. The van der Waals surface area contributed by atoms with E-state index >= 15 is 0 Å². The summed E-state index contributed by atoms with van der Waals surface area (Å²) >= 11 is 7.89. The zero-order valence-corrected chi connectivity index (χ0v) is 11.1. The lowest BCUT2D eigenvalue weighted by molar-refractivity contribution is 0.653. The van der Waals surface area contributed by atoms with Gasteiger partial charge < -0.3 is 0 Å². The maximum atomic E-state index is 5.92. The second-order valence-electron chi connectivity index (χ2n) is 4.23. The second-order valence-corrected chi connectivity index (χ2v) is 5.93. The molecule has 2 aromatic heterocycles. The first-order valence-corrected chi connectivity index (χ1v) is 7.18. The van der Waals surface area contributed by atoms with Gasteiger partial charge in [-0.05, 0) is 25.5 Å². The van der Waals surface area contributed by atoms with Crippen molar-refractivity contribution in [2.45, 2.75) is 31.4 Å². The zero-order chi connectivity index (χ0) is 11.8. The Labute approximate surface area is 109 Å². The molecule has 0 aliphatic carbocycles. The summed E-state index contributed by atoms with van der Waals surface area (Å²) in [7, 11) is 0. The molecule has 1 saturated heterocycles. The molecular weight excluding hydrogens is 256 g/mol. The van der Waals surface area contributed by atoms with Gasteiger partial charge in [0.15, 0.2) is 11.5 Å². The Morgan fingerprint density at radius 3 is 3.06 bits per heavy atom. The van der Waals surface area contributed by atoms with Gasteiger partial charge in [0.25, 0.3) is 0 Å². The minimum absolute atomic E-state index is 0.445. The molecule has 3 heterocycles. The molecule has 0 spiro atoms. The first-order chi connectivity index (χ1) is 8.25. The third kappa shape index (κ3) is 2.02. The minimum Gasteiger partial charge on any atom is -0.266 e. The van der Waals surface area contributed by atoms with E-state index in [4.69, 9.17) is 11.6 Å². The predicted molar refractivity (Wildman–Crippen MR) is 69.6 cm³/mol. The van der Waals surface area contributed by atoms with Gasteiger partial charge in [0.05, 0.1) is 5.25 Å². The smallest absolute Gasteiger partial charge is 0.165 e. The molecular formula is C11H13ClN4S. The second kappa shape index (κ2) is 4.46. The lowest BCUT2D eigenvalue weighted by Crippen LogP contribution is -2.08. The van der Waals surface area contributed by atoms with Crippen molar-refractivity contribution in [3.63, 3.8) is 0 Å². The van der Waals surface area contributed by atoms with Crippen LogP contribution >= 0.6 is 23.4 Å². The molecule has 0 saturated carbocycles. The van der Waals surface area contributed by atoms with Gasteiger partial charge in [-0.3, -0.25) is 4.40 Å². The minimum atomic E-state index is 0.445. The molecule has 1 unspecified atom stereocenters. The SMILES string of the molecule is Cc1nc(Cl)cc2nnc(C3CCCCS3)n12. The molecule has 90 valence electrons. The van der Waals surface area contributed by atoms with E-state index in [0.717, 1.165) is 17.3 Å². The van der Waals surface area contributed by atoms with Crippen LogP contribution in [0.15, 0.2) is 6.07 Å². The van der Waals surface area contributed by atoms with Crippen molar-refractivity contribution in [1.29, 1.82) is 0 Å². The first kappa shape index (κ1) is 11.3. The molecule has 4 nitrogen and oxygen atoms in total. The lowest BCUT2D eigenvalue weighted by atomic mass is 10.2. The van der Waals surface area contributed by atoms with Gasteiger partial charge in [0.1, 0.15) is 11.0 Å². The van der Waals surface area contributed by atoms with Crippen molar-refractivity contribution < 1.29 is 0 Å². The van der Waals surface area contributed by atoms with Gasteiger partial charge in [-0.1, -0.05) is 18.0 Å². The average molecular weight is 269 g/mol. The van der Waals surface area contributed by atoms with E-state index in [0.29, 0.717) is 10.4 Å². The molecule has 0 amide bonds. The van der Waals surface area contributed by atoms with Gasteiger partial charge in [0, 0.05) is 6.07 Å². The van der Waals surface area contributed by atoms with E-state index in [1.54, 1.807) is 6.07 Å². The third-order valence-electron chi connectivity index (χ3n) is 3.02. The number of hydrogen-bond donors (Lipinski definition) is 0. The molecule has 17 heavy (non-hydrogen) atoms. The molecule has 1 fully saturated rings. The van der Waals surface area contributed by atoms with Crippen molar-refractivity contribution in [2.75, 3.05) is 5.75 Å². The van der Waals surface area contributed by atoms with Crippen LogP contribution in [0.2, 0.25) is 5.15 Å². The van der Waals surface area contributed by atoms with E-state index in [-0.39, 0.29) is 0 Å². The molecule has 0 bridgehead atoms. The van der Waals surface area contributed by atoms with Gasteiger partial charge in [0.2, 0.25) is 0 Å². The fourth-order valence-corrected chi connectivity index (χ4v) is 3.74. The molecule has 6 heteroatoms. The van der Waals surface area contributed by atoms with Crippen LogP contribution in [0.25, 0.3) is 5.65 Å². The molecule has 0 aromatic carbocycles. The molecule has 0 N–H and O–H groups in total. The zero-order valence-electron chi connectivity index (χ0n) is 9.56. The van der Waals surface area contributed by atoms with Crippen molar-refractivity contribution in [1.82, 2.24) is 19.6 Å². The average Bonchev–Trinajstić information content (AvgIpc) is 2.74. The van der Waals surface area contributed by atoms with Crippen LogP contribution in [0.1, 0.15) is 36.2 Å². The van der Waals surface area contributed by atoms with Crippen LogP contribution in [0.4, 0.5) is 0 Å². The lowest BCUT2D eigenvalue weighted by Gasteiger charge is -2.19. The van der Waals surface area contributed by atoms with Crippen molar-refractivity contribution in [3.05, 3.63) is 22.9 Å². The summed E-state index contributed by atoms with van der Waals surface area (Å²) in [6.07, 6.45) is 3.75. The van der Waals surface area contributed by atoms with Crippen molar-refractivity contribution in [2.24, 2.45) is 0 Å². The van der Waals surface area contributed by atoms with E-state index in [1.807, 2.05) is 23.1 Å². The summed E-state index contributed by atoms with van der Waals surface area (Å²) in [4.78, 5) is 4.27. The van der Waals surface area contributed by atoms with Crippen LogP contribution in [-0.2, 0) is 0 Å². The summed E-state index contributed by atoms with van der Waals surface area (Å²) in [6.45, 7) is 1.94. The van der Waals surface area contributed by atoms with Crippen LogP contribution in [-0.4, -0.2) is 25.3 Å². The third-order valence-corrected chi connectivity index (χ3v) is 4.59. The first-order valence-electron chi connectivity index (χ1n) is 5.75. The van der Waals surface area contributed by atoms with Crippen LogP contribution in [0.3, 0.4) is 0 Å². The highest BCUT2D eigenvalue weighted by molar-refractivity contribution is 7.99. The molecule has 1 aliphatic heterocycles. The highest BCUT2D eigenvalue weighted by atomic mass is 35.5. The van der Waals surface area contributed by atoms with Crippen LogP contribution in [0.5, 0.6) is 0 Å². The van der Waals surface area contributed by atoms with E-state index in [9.17, 15) is 0 Å². The summed E-state index contributed by atoms with van der Waals surface area (Å²) in [5.74, 6) is 3.09. The largest absolute Gasteiger partial charge is 0.266 e. The standard InChI is InChI=1S/C11H13ClN4S/c1-7-13-9(12)6-10-14-15-11(16(7)10)8-4-2-3-5-17-8/h6,8H,2-5H2,1H3. The molecule has 1 atom stereocenters. The Hall–Kier alpha value is -0.810. The van der Waals surface area contributed by atoms with Crippen LogP contribution < -0.4 is 0 Å². The number of fused-ring (bicyclic) bond motifs is 1. The summed E-state index contributed by atoms with van der Waals surface area (Å²) in [5.41, 5.74) is 0.795. The van der Waals surface area contributed by atoms with Crippen LogP contribution in [0, 0.1) is 6.92 Å². The Morgan fingerprint density at radius 2 is 2.29 bits per heavy atom. The molecule has 1 aliphatic rings. The van der Waals surface area contributed by atoms with Gasteiger partial charge in [-0.25, -0.2) is 4.98 Å². The predicted octanol–water partition coefficient (Wildman–Crippen LogP) is 3.04. The monoisotopic (exact) mass is 268 g/mol. The van der Waals surface area contributed by atoms with Crippen molar-refractivity contribution >= 4 is 29.0 Å². The van der Waals surface area contributed by atoms with E-state index in [2.05, 4.69) is 15.2 Å². The highest BCUT2D eigenvalue weighted by Crippen LogP contribution is 2.37. The van der Waals surface area contributed by atoms with Crippen molar-refractivity contribution in [3.8, 4) is 0 Å². The number of hydrogen-bond acceptors (Lipinski definition) is 4. The Kier molecular flexibility index (Phi) is 2.96. The van der Waals surface area contributed by atoms with Gasteiger partial charge in [-0.15, -0.1) is 10.2 Å². The number of nitrogens with zero attached hydrogens (tertiary/aromatic N) is 4. The quantitative estimate of drug-likeness (QED) is 0.746. The Bertz CT molecular complexity index is 548. The van der Waals surface area contributed by atoms with Gasteiger partial charge >= 0.3 is 0 Å². The Morgan fingerprint density at radius 1 is 1.41 bits per heavy atom.